The summed E-state index contributed by atoms with van der Waals surface area (Å²) in [6.07, 6.45) is -3.07. The molecule has 0 saturated carbocycles. The molecule has 0 saturated heterocycles. The molecule has 0 bridgehead atoms. The lowest BCUT2D eigenvalue weighted by atomic mass is 10.1. The third kappa shape index (κ3) is 3.76. The highest BCUT2D eigenvalue weighted by Gasteiger charge is 2.19. The fourth-order valence-corrected chi connectivity index (χ4v) is 2.07. The van der Waals surface area contributed by atoms with Crippen molar-refractivity contribution in [3.63, 3.8) is 0 Å². The average molecular weight is 357 g/mol. The van der Waals surface area contributed by atoms with Crippen LogP contribution in [0, 0.1) is 3.70 Å². The number of aromatic amines is 1. The Labute approximate surface area is 110 Å². The molecule has 4 nitrogen and oxygen atoms in total. The SMILES string of the molecule is CCOC(=O)Cc1c(C(F)F)cc(=O)[nH]c1I. The summed E-state index contributed by atoms with van der Waals surface area (Å²) in [4.78, 5) is 24.7. The number of hydrogen-bond acceptors (Lipinski definition) is 3. The lowest BCUT2D eigenvalue weighted by molar-refractivity contribution is -0.142. The summed E-state index contributed by atoms with van der Waals surface area (Å²) in [6, 6.07) is 0.807. The van der Waals surface area contributed by atoms with E-state index in [9.17, 15) is 18.4 Å². The second-order valence-electron chi connectivity index (χ2n) is 3.16. The van der Waals surface area contributed by atoms with Gasteiger partial charge in [-0.05, 0) is 29.5 Å². The molecule has 1 rings (SSSR count). The van der Waals surface area contributed by atoms with Gasteiger partial charge in [0.05, 0.1) is 16.7 Å². The van der Waals surface area contributed by atoms with Gasteiger partial charge in [0.1, 0.15) is 0 Å². The van der Waals surface area contributed by atoms with Crippen molar-refractivity contribution in [3.05, 3.63) is 31.2 Å². The monoisotopic (exact) mass is 357 g/mol. The third-order valence-corrected chi connectivity index (χ3v) is 2.92. The van der Waals surface area contributed by atoms with Crippen LogP contribution in [0.4, 0.5) is 8.78 Å². The van der Waals surface area contributed by atoms with Crippen LogP contribution in [0.25, 0.3) is 0 Å². The van der Waals surface area contributed by atoms with Gasteiger partial charge in [-0.15, -0.1) is 0 Å². The third-order valence-electron chi connectivity index (χ3n) is 1.99. The van der Waals surface area contributed by atoms with Crippen molar-refractivity contribution < 1.29 is 18.3 Å². The first-order valence-corrected chi connectivity index (χ1v) is 5.89. The predicted molar refractivity (Wildman–Crippen MR) is 65.1 cm³/mol. The van der Waals surface area contributed by atoms with Gasteiger partial charge in [0.2, 0.25) is 5.56 Å². The normalized spacial score (nSPS) is 10.6. The summed E-state index contributed by atoms with van der Waals surface area (Å²) in [5.41, 5.74) is -0.929. The van der Waals surface area contributed by atoms with Crippen LogP contribution >= 0.6 is 22.6 Å². The van der Waals surface area contributed by atoms with Crippen molar-refractivity contribution >= 4 is 28.6 Å². The van der Waals surface area contributed by atoms with Crippen molar-refractivity contribution in [3.8, 4) is 0 Å². The highest BCUT2D eigenvalue weighted by atomic mass is 127. The zero-order valence-electron chi connectivity index (χ0n) is 8.93. The highest BCUT2D eigenvalue weighted by molar-refractivity contribution is 14.1. The number of halogens is 3. The Morgan fingerprint density at radius 2 is 2.24 bits per heavy atom. The Kier molecular flexibility index (Phi) is 5.03. The van der Waals surface area contributed by atoms with Crippen LogP contribution in [0.5, 0.6) is 0 Å². The van der Waals surface area contributed by atoms with E-state index in [4.69, 9.17) is 0 Å². The number of H-pyrrole nitrogens is 1. The van der Waals surface area contributed by atoms with Crippen LogP contribution in [0.15, 0.2) is 10.9 Å². The van der Waals surface area contributed by atoms with Crippen LogP contribution < -0.4 is 5.56 Å². The van der Waals surface area contributed by atoms with Crippen LogP contribution in [0.2, 0.25) is 0 Å². The van der Waals surface area contributed by atoms with Gasteiger partial charge < -0.3 is 9.72 Å². The Bertz CT molecular complexity index is 473. The quantitative estimate of drug-likeness (QED) is 0.510. The van der Waals surface area contributed by atoms with E-state index in [0.29, 0.717) is 0 Å². The highest BCUT2D eigenvalue weighted by Crippen LogP contribution is 2.24. The Morgan fingerprint density at radius 3 is 2.76 bits per heavy atom. The zero-order valence-corrected chi connectivity index (χ0v) is 11.1. The van der Waals surface area contributed by atoms with E-state index >= 15 is 0 Å². The maximum atomic E-state index is 12.7. The molecule has 1 heterocycles. The van der Waals surface area contributed by atoms with Crippen molar-refractivity contribution in [1.82, 2.24) is 4.98 Å². The molecular formula is C10H10F2INO3. The number of alkyl halides is 2. The molecule has 0 fully saturated rings. The van der Waals surface area contributed by atoms with E-state index in [-0.39, 0.29) is 22.3 Å². The van der Waals surface area contributed by atoms with E-state index in [1.165, 1.54) is 0 Å². The average Bonchev–Trinajstić information content (AvgIpc) is 2.21. The first kappa shape index (κ1) is 14.1. The molecule has 1 aromatic rings. The number of hydrogen-bond donors (Lipinski definition) is 1. The van der Waals surface area contributed by atoms with Gasteiger partial charge in [-0.1, -0.05) is 0 Å². The summed E-state index contributed by atoms with van der Waals surface area (Å²) in [5, 5.41) is 0. The molecule has 0 aromatic carbocycles. The Balaban J connectivity index is 3.12. The number of nitrogens with one attached hydrogen (secondary N) is 1. The van der Waals surface area contributed by atoms with Crippen LogP contribution in [-0.2, 0) is 16.0 Å². The van der Waals surface area contributed by atoms with E-state index in [0.717, 1.165) is 6.07 Å². The first-order valence-electron chi connectivity index (χ1n) is 4.81. The Hall–Kier alpha value is -0.990. The molecule has 1 N–H and O–H groups in total. The number of pyridine rings is 1. The molecule has 0 atom stereocenters. The summed E-state index contributed by atoms with van der Waals surface area (Å²) in [6.45, 7) is 1.81. The maximum Gasteiger partial charge on any atom is 0.310 e. The molecule has 0 aliphatic rings. The van der Waals surface area contributed by atoms with E-state index in [1.54, 1.807) is 29.5 Å². The molecule has 0 amide bonds. The molecule has 1 aromatic heterocycles. The molecule has 94 valence electrons. The second kappa shape index (κ2) is 6.08. The molecular weight excluding hydrogens is 347 g/mol. The lowest BCUT2D eigenvalue weighted by Gasteiger charge is -2.09. The van der Waals surface area contributed by atoms with Gasteiger partial charge in [0.15, 0.2) is 0 Å². The topological polar surface area (TPSA) is 59.2 Å². The minimum Gasteiger partial charge on any atom is -0.466 e. The molecule has 0 spiro atoms. The van der Waals surface area contributed by atoms with Crippen LogP contribution in [-0.4, -0.2) is 17.6 Å². The summed E-state index contributed by atoms with van der Waals surface area (Å²) >= 11 is 1.71. The van der Waals surface area contributed by atoms with Gasteiger partial charge in [0.25, 0.3) is 6.43 Å². The minimum atomic E-state index is -2.80. The van der Waals surface area contributed by atoms with Crippen LogP contribution in [0.1, 0.15) is 24.5 Å². The van der Waals surface area contributed by atoms with Gasteiger partial charge in [0, 0.05) is 17.2 Å². The smallest absolute Gasteiger partial charge is 0.310 e. The van der Waals surface area contributed by atoms with E-state index in [1.807, 2.05) is 0 Å². The number of ether oxygens (including phenoxy) is 1. The van der Waals surface area contributed by atoms with E-state index in [2.05, 4.69) is 9.72 Å². The summed E-state index contributed by atoms with van der Waals surface area (Å²) < 4.78 is 30.4. The van der Waals surface area contributed by atoms with Crippen molar-refractivity contribution in [2.24, 2.45) is 0 Å². The predicted octanol–water partition coefficient (Wildman–Crippen LogP) is 2.02. The molecule has 0 unspecified atom stereocenters. The molecule has 17 heavy (non-hydrogen) atoms. The van der Waals surface area contributed by atoms with Crippen LogP contribution in [0.3, 0.4) is 0 Å². The minimum absolute atomic E-state index is 0.110. The molecule has 0 radical (unpaired) electrons. The van der Waals surface area contributed by atoms with Crippen molar-refractivity contribution in [1.29, 1.82) is 0 Å². The number of esters is 1. The van der Waals surface area contributed by atoms with Gasteiger partial charge in [-0.3, -0.25) is 9.59 Å². The fourth-order valence-electron chi connectivity index (χ4n) is 1.31. The van der Waals surface area contributed by atoms with Gasteiger partial charge >= 0.3 is 5.97 Å². The first-order chi connectivity index (χ1) is 7.95. The number of aromatic nitrogens is 1. The molecule has 0 aliphatic carbocycles. The Morgan fingerprint density at radius 1 is 1.59 bits per heavy atom. The van der Waals surface area contributed by atoms with Crippen molar-refractivity contribution in [2.75, 3.05) is 6.61 Å². The largest absolute Gasteiger partial charge is 0.466 e. The lowest BCUT2D eigenvalue weighted by Crippen LogP contribution is -2.16. The molecule has 0 aliphatic heterocycles. The van der Waals surface area contributed by atoms with Gasteiger partial charge in [-0.25, -0.2) is 8.78 Å². The number of carbonyl (C=O) groups is 1. The summed E-state index contributed by atoms with van der Waals surface area (Å²) in [7, 11) is 0. The standard InChI is InChI=1S/C10H10F2INO3/c1-2-17-8(16)4-6-5(9(11)12)3-7(15)14-10(6)13/h3,9H,2,4H2,1H3,(H,14,15). The number of carbonyl (C=O) groups excluding carboxylic acids is 1. The zero-order chi connectivity index (χ0) is 13.0. The molecule has 7 heteroatoms. The fraction of sp³-hybridized carbons (Fsp3) is 0.400. The second-order valence-corrected chi connectivity index (χ2v) is 4.24. The van der Waals surface area contributed by atoms with Gasteiger partial charge in [-0.2, -0.15) is 0 Å². The summed E-state index contributed by atoms with van der Waals surface area (Å²) in [5.74, 6) is -0.598. The van der Waals surface area contributed by atoms with Crippen molar-refractivity contribution in [2.45, 2.75) is 19.8 Å². The number of rotatable bonds is 4. The van der Waals surface area contributed by atoms with E-state index < -0.39 is 23.5 Å². The maximum absolute atomic E-state index is 12.7.